The van der Waals surface area contributed by atoms with Crippen LogP contribution in [0.5, 0.6) is 11.5 Å². The minimum atomic E-state index is -3.92. The highest BCUT2D eigenvalue weighted by Gasteiger charge is 2.33. The lowest BCUT2D eigenvalue weighted by Crippen LogP contribution is -2.53. The summed E-state index contributed by atoms with van der Waals surface area (Å²) in [6, 6.07) is 11.0. The molecule has 2 amide bonds. The van der Waals surface area contributed by atoms with Crippen LogP contribution in [0.1, 0.15) is 44.6 Å². The maximum Gasteiger partial charge on any atom is 0.244 e. The molecule has 2 aromatic carbocycles. The van der Waals surface area contributed by atoms with E-state index in [0.717, 1.165) is 41.8 Å². The second-order valence-electron chi connectivity index (χ2n) is 9.37. The number of sulfonamides is 1. The zero-order valence-corrected chi connectivity index (χ0v) is 23.8. The van der Waals surface area contributed by atoms with Crippen LogP contribution >= 0.6 is 11.6 Å². The van der Waals surface area contributed by atoms with Gasteiger partial charge in [0.15, 0.2) is 0 Å². The number of rotatable bonds is 12. The Balaban J connectivity index is 1.98. The third kappa shape index (κ3) is 7.54. The van der Waals surface area contributed by atoms with E-state index in [1.807, 2.05) is 13.0 Å². The van der Waals surface area contributed by atoms with Gasteiger partial charge in [-0.3, -0.25) is 13.9 Å². The van der Waals surface area contributed by atoms with Crippen molar-refractivity contribution in [3.05, 3.63) is 53.1 Å². The van der Waals surface area contributed by atoms with Crippen molar-refractivity contribution in [1.82, 2.24) is 10.2 Å². The van der Waals surface area contributed by atoms with Crippen molar-refractivity contribution < 1.29 is 27.5 Å². The highest BCUT2D eigenvalue weighted by molar-refractivity contribution is 7.92. The first-order chi connectivity index (χ1) is 18.1. The van der Waals surface area contributed by atoms with Gasteiger partial charge in [-0.15, -0.1) is 0 Å². The Hall–Kier alpha value is -2.98. The van der Waals surface area contributed by atoms with Gasteiger partial charge in [-0.05, 0) is 55.2 Å². The number of halogens is 1. The number of hydrogen-bond acceptors (Lipinski definition) is 6. The Labute approximate surface area is 230 Å². The number of ether oxygens (including phenoxy) is 2. The number of carbonyl (C=O) groups is 2. The SMILES string of the molecule is CCC(C(=O)NC1CCCC1)N(Cc1cccc(OC)c1)C(=O)CN(c1cc(Cl)ccc1OC)S(C)(=O)=O. The predicted octanol–water partition coefficient (Wildman–Crippen LogP) is 3.99. The van der Waals surface area contributed by atoms with Gasteiger partial charge in [0.1, 0.15) is 24.1 Å². The average molecular weight is 566 g/mol. The summed E-state index contributed by atoms with van der Waals surface area (Å²) in [5, 5.41) is 3.38. The van der Waals surface area contributed by atoms with Crippen LogP contribution < -0.4 is 19.1 Å². The average Bonchev–Trinajstić information content (AvgIpc) is 3.39. The molecule has 208 valence electrons. The summed E-state index contributed by atoms with van der Waals surface area (Å²) in [7, 11) is -0.967. The zero-order valence-electron chi connectivity index (χ0n) is 22.3. The molecule has 1 unspecified atom stereocenters. The number of amides is 2. The third-order valence-electron chi connectivity index (χ3n) is 6.66. The highest BCUT2D eigenvalue weighted by Crippen LogP contribution is 2.33. The Kier molecular flexibility index (Phi) is 10.3. The van der Waals surface area contributed by atoms with Crippen LogP contribution in [0.2, 0.25) is 5.02 Å². The molecule has 11 heteroatoms. The largest absolute Gasteiger partial charge is 0.497 e. The van der Waals surface area contributed by atoms with Crippen molar-refractivity contribution in [2.75, 3.05) is 31.3 Å². The van der Waals surface area contributed by atoms with E-state index in [0.29, 0.717) is 12.2 Å². The second-order valence-corrected chi connectivity index (χ2v) is 11.7. The molecule has 1 aliphatic carbocycles. The quantitative estimate of drug-likeness (QED) is 0.417. The van der Waals surface area contributed by atoms with E-state index >= 15 is 0 Å². The van der Waals surface area contributed by atoms with Crippen LogP contribution in [-0.2, 0) is 26.2 Å². The predicted molar refractivity (Wildman–Crippen MR) is 148 cm³/mol. The van der Waals surface area contributed by atoms with Crippen molar-refractivity contribution in [3.8, 4) is 11.5 Å². The molecule has 0 aromatic heterocycles. The van der Waals surface area contributed by atoms with E-state index in [1.54, 1.807) is 31.4 Å². The summed E-state index contributed by atoms with van der Waals surface area (Å²) in [5.41, 5.74) is 0.886. The molecule has 3 rings (SSSR count). The normalized spacial score (nSPS) is 14.6. The van der Waals surface area contributed by atoms with E-state index < -0.39 is 28.5 Å². The topological polar surface area (TPSA) is 105 Å². The molecule has 2 aromatic rings. The van der Waals surface area contributed by atoms with Crippen molar-refractivity contribution in [1.29, 1.82) is 0 Å². The molecule has 0 saturated heterocycles. The van der Waals surface area contributed by atoms with Gasteiger partial charge in [-0.1, -0.05) is 43.5 Å². The first-order valence-corrected chi connectivity index (χ1v) is 14.8. The Morgan fingerprint density at radius 2 is 1.82 bits per heavy atom. The minimum Gasteiger partial charge on any atom is -0.497 e. The van der Waals surface area contributed by atoms with Gasteiger partial charge in [0.2, 0.25) is 21.8 Å². The summed E-state index contributed by atoms with van der Waals surface area (Å²) in [6.07, 6.45) is 5.29. The van der Waals surface area contributed by atoms with Gasteiger partial charge in [-0.25, -0.2) is 8.42 Å². The van der Waals surface area contributed by atoms with Gasteiger partial charge in [0, 0.05) is 17.6 Å². The second kappa shape index (κ2) is 13.2. The fourth-order valence-corrected chi connectivity index (χ4v) is 5.72. The van der Waals surface area contributed by atoms with Gasteiger partial charge < -0.3 is 19.7 Å². The van der Waals surface area contributed by atoms with Crippen LogP contribution in [0.3, 0.4) is 0 Å². The van der Waals surface area contributed by atoms with Gasteiger partial charge in [0.05, 0.1) is 26.2 Å². The molecule has 1 aliphatic rings. The fourth-order valence-electron chi connectivity index (χ4n) is 4.71. The van der Waals surface area contributed by atoms with Crippen molar-refractivity contribution in [3.63, 3.8) is 0 Å². The number of nitrogens with one attached hydrogen (secondary N) is 1. The van der Waals surface area contributed by atoms with Gasteiger partial charge >= 0.3 is 0 Å². The first-order valence-electron chi connectivity index (χ1n) is 12.6. The number of anilines is 1. The Morgan fingerprint density at radius 1 is 1.11 bits per heavy atom. The lowest BCUT2D eigenvalue weighted by Gasteiger charge is -2.33. The third-order valence-corrected chi connectivity index (χ3v) is 8.02. The number of benzene rings is 2. The lowest BCUT2D eigenvalue weighted by atomic mass is 10.1. The zero-order chi connectivity index (χ0) is 27.9. The van der Waals surface area contributed by atoms with Crippen molar-refractivity contribution in [2.24, 2.45) is 0 Å². The van der Waals surface area contributed by atoms with E-state index in [4.69, 9.17) is 21.1 Å². The molecule has 1 atom stereocenters. The van der Waals surface area contributed by atoms with E-state index in [1.165, 1.54) is 24.1 Å². The molecule has 9 nitrogen and oxygen atoms in total. The summed E-state index contributed by atoms with van der Waals surface area (Å²) < 4.78 is 37.4. The molecule has 1 saturated carbocycles. The molecule has 0 spiro atoms. The molecule has 0 aliphatic heterocycles. The van der Waals surface area contributed by atoms with Crippen LogP contribution in [0.15, 0.2) is 42.5 Å². The smallest absolute Gasteiger partial charge is 0.244 e. The fraction of sp³-hybridized carbons (Fsp3) is 0.481. The summed E-state index contributed by atoms with van der Waals surface area (Å²) >= 11 is 6.16. The summed E-state index contributed by atoms with van der Waals surface area (Å²) in [5.74, 6) is 0.0772. The molecule has 1 fully saturated rings. The highest BCUT2D eigenvalue weighted by atomic mass is 35.5. The van der Waals surface area contributed by atoms with Gasteiger partial charge in [-0.2, -0.15) is 0 Å². The molecular weight excluding hydrogens is 530 g/mol. The summed E-state index contributed by atoms with van der Waals surface area (Å²) in [4.78, 5) is 28.7. The van der Waals surface area contributed by atoms with Gasteiger partial charge in [0.25, 0.3) is 0 Å². The standard InChI is InChI=1S/C27H36ClN3O6S/c1-5-23(27(33)29-21-10-6-7-11-21)30(17-19-9-8-12-22(15-19)36-2)26(32)18-31(38(4,34)35)24-16-20(28)13-14-25(24)37-3/h8-9,12-16,21,23H,5-7,10-11,17-18H2,1-4H3,(H,29,33). The van der Waals surface area contributed by atoms with Crippen LogP contribution in [-0.4, -0.2) is 64.2 Å². The van der Waals surface area contributed by atoms with Crippen molar-refractivity contribution in [2.45, 2.75) is 57.7 Å². The maximum absolute atomic E-state index is 13.9. The minimum absolute atomic E-state index is 0.0774. The lowest BCUT2D eigenvalue weighted by molar-refractivity contribution is -0.140. The van der Waals surface area contributed by atoms with Crippen LogP contribution in [0.25, 0.3) is 0 Å². The molecule has 1 N–H and O–H groups in total. The van der Waals surface area contributed by atoms with E-state index in [9.17, 15) is 18.0 Å². The molecule has 0 radical (unpaired) electrons. The molecule has 0 heterocycles. The first kappa shape index (κ1) is 29.6. The van der Waals surface area contributed by atoms with Crippen molar-refractivity contribution >= 4 is 39.1 Å². The number of methoxy groups -OCH3 is 2. The van der Waals surface area contributed by atoms with E-state index in [2.05, 4.69) is 5.32 Å². The Bertz CT molecular complexity index is 1230. The summed E-state index contributed by atoms with van der Waals surface area (Å²) in [6.45, 7) is 1.39. The Morgan fingerprint density at radius 3 is 2.42 bits per heavy atom. The maximum atomic E-state index is 13.9. The molecule has 38 heavy (non-hydrogen) atoms. The monoisotopic (exact) mass is 565 g/mol. The molecule has 0 bridgehead atoms. The molecular formula is C27H36ClN3O6S. The van der Waals surface area contributed by atoms with E-state index in [-0.39, 0.29) is 35.0 Å². The van der Waals surface area contributed by atoms with Crippen LogP contribution in [0.4, 0.5) is 5.69 Å². The van der Waals surface area contributed by atoms with Crippen LogP contribution in [0, 0.1) is 0 Å². The number of nitrogens with zero attached hydrogens (tertiary/aromatic N) is 2. The number of hydrogen-bond donors (Lipinski definition) is 1. The number of carbonyl (C=O) groups excluding carboxylic acids is 2.